The second-order valence-corrected chi connectivity index (χ2v) is 4.81. The third-order valence-electron chi connectivity index (χ3n) is 3.41. The van der Waals surface area contributed by atoms with Crippen molar-refractivity contribution in [3.8, 4) is 11.5 Å². The first-order chi connectivity index (χ1) is 9.06. The number of hydrogen-bond acceptors (Lipinski definition) is 5. The molecule has 112 valence electrons. The molecule has 0 heterocycles. The van der Waals surface area contributed by atoms with Crippen molar-refractivity contribution in [3.63, 3.8) is 0 Å². The molecule has 1 aliphatic carbocycles. The Labute approximate surface area is 123 Å². The molecular weight excluding hydrogens is 284 g/mol. The van der Waals surface area contributed by atoms with Crippen LogP contribution in [0.5, 0.6) is 11.5 Å². The van der Waals surface area contributed by atoms with Crippen molar-refractivity contribution < 1.29 is 14.4 Å². The predicted octanol–water partition coefficient (Wildman–Crippen LogP) is 2.83. The van der Waals surface area contributed by atoms with E-state index in [0.717, 1.165) is 19.3 Å². The maximum atomic E-state index is 11.1. The van der Waals surface area contributed by atoms with Crippen molar-refractivity contribution in [1.29, 1.82) is 0 Å². The molecule has 0 spiro atoms. The largest absolute Gasteiger partial charge is 0.493 e. The zero-order chi connectivity index (χ0) is 14.0. The third kappa shape index (κ3) is 3.52. The van der Waals surface area contributed by atoms with Gasteiger partial charge in [0, 0.05) is 6.04 Å². The van der Waals surface area contributed by atoms with E-state index < -0.39 is 4.92 Å². The van der Waals surface area contributed by atoms with Crippen molar-refractivity contribution in [2.45, 2.75) is 25.3 Å². The fourth-order valence-electron chi connectivity index (χ4n) is 2.18. The number of halogens is 1. The van der Waals surface area contributed by atoms with Gasteiger partial charge in [-0.05, 0) is 18.4 Å². The number of benzene rings is 1. The lowest BCUT2D eigenvalue weighted by atomic mass is 9.99. The fraction of sp³-hybridized carbons (Fsp3) is 0.538. The Hall–Kier alpha value is -1.53. The van der Waals surface area contributed by atoms with Gasteiger partial charge in [0.2, 0.25) is 0 Å². The van der Waals surface area contributed by atoms with Gasteiger partial charge >= 0.3 is 0 Å². The molecule has 0 unspecified atom stereocenters. The summed E-state index contributed by atoms with van der Waals surface area (Å²) in [6.07, 6.45) is 3.10. The maximum Gasteiger partial charge on any atom is 0.278 e. The Kier molecular flexibility index (Phi) is 5.59. The monoisotopic (exact) mass is 302 g/mol. The molecule has 6 nitrogen and oxygen atoms in total. The van der Waals surface area contributed by atoms with Crippen LogP contribution in [0.2, 0.25) is 0 Å². The van der Waals surface area contributed by atoms with E-state index in [2.05, 4.69) is 0 Å². The van der Waals surface area contributed by atoms with Crippen LogP contribution in [-0.4, -0.2) is 19.1 Å². The minimum absolute atomic E-state index is 0. The summed E-state index contributed by atoms with van der Waals surface area (Å²) in [5.74, 6) is 1.41. The zero-order valence-electron chi connectivity index (χ0n) is 11.5. The van der Waals surface area contributed by atoms with Crippen molar-refractivity contribution in [3.05, 3.63) is 27.8 Å². The highest BCUT2D eigenvalue weighted by molar-refractivity contribution is 5.85. The molecule has 20 heavy (non-hydrogen) atoms. The van der Waals surface area contributed by atoms with E-state index in [1.54, 1.807) is 6.07 Å². The summed E-state index contributed by atoms with van der Waals surface area (Å²) < 4.78 is 10.3. The summed E-state index contributed by atoms with van der Waals surface area (Å²) in [6.45, 7) is 0. The van der Waals surface area contributed by atoms with E-state index >= 15 is 0 Å². The molecule has 0 aromatic heterocycles. The van der Waals surface area contributed by atoms with Crippen molar-refractivity contribution >= 4 is 18.1 Å². The molecule has 0 saturated heterocycles. The number of rotatable bonds is 6. The second kappa shape index (κ2) is 6.76. The molecule has 1 saturated carbocycles. The normalized spacial score (nSPS) is 15.2. The van der Waals surface area contributed by atoms with Gasteiger partial charge in [0.05, 0.1) is 30.8 Å². The first kappa shape index (κ1) is 16.5. The molecular formula is C13H19ClN2O4. The highest BCUT2D eigenvalue weighted by atomic mass is 35.5. The Morgan fingerprint density at radius 1 is 1.35 bits per heavy atom. The molecule has 0 bridgehead atoms. The van der Waals surface area contributed by atoms with E-state index in [9.17, 15) is 10.1 Å². The minimum Gasteiger partial charge on any atom is -0.493 e. The molecule has 0 aliphatic heterocycles. The summed E-state index contributed by atoms with van der Waals surface area (Å²) in [6, 6.07) is 2.65. The lowest BCUT2D eigenvalue weighted by molar-refractivity contribution is -0.385. The molecule has 2 N–H and O–H groups in total. The average molecular weight is 303 g/mol. The number of nitro benzene ring substituents is 1. The van der Waals surface area contributed by atoms with Gasteiger partial charge in [0.1, 0.15) is 0 Å². The average Bonchev–Trinajstić information content (AvgIpc) is 3.20. The number of nitrogens with zero attached hydrogens (tertiary/aromatic N) is 1. The lowest BCUT2D eigenvalue weighted by Gasteiger charge is -2.15. The first-order valence-electron chi connectivity index (χ1n) is 6.22. The Morgan fingerprint density at radius 2 is 1.90 bits per heavy atom. The smallest absolute Gasteiger partial charge is 0.278 e. The predicted molar refractivity (Wildman–Crippen MR) is 77.7 cm³/mol. The molecule has 0 amide bonds. The Morgan fingerprint density at radius 3 is 2.35 bits per heavy atom. The van der Waals surface area contributed by atoms with E-state index in [-0.39, 0.29) is 24.1 Å². The van der Waals surface area contributed by atoms with Crippen LogP contribution in [0.3, 0.4) is 0 Å². The standard InChI is InChI=1S/C13H18N2O4.ClH/c1-18-12-6-9(10(14)5-8-3-4-8)11(15(16)17)7-13(12)19-2;/h6-8,10H,3-5,14H2,1-2H3;1H/t10-;/m1./s1. The van der Waals surface area contributed by atoms with Gasteiger partial charge in [-0.15, -0.1) is 12.4 Å². The van der Waals surface area contributed by atoms with E-state index in [1.807, 2.05) is 0 Å². The van der Waals surface area contributed by atoms with Crippen LogP contribution < -0.4 is 15.2 Å². The van der Waals surface area contributed by atoms with E-state index in [0.29, 0.717) is 23.0 Å². The van der Waals surface area contributed by atoms with Gasteiger partial charge < -0.3 is 15.2 Å². The number of nitrogens with two attached hydrogens (primary N) is 1. The molecule has 0 radical (unpaired) electrons. The fourth-order valence-corrected chi connectivity index (χ4v) is 2.18. The highest BCUT2D eigenvalue weighted by Gasteiger charge is 2.29. The van der Waals surface area contributed by atoms with Crippen molar-refractivity contribution in [2.75, 3.05) is 14.2 Å². The van der Waals surface area contributed by atoms with Gasteiger partial charge in [-0.1, -0.05) is 12.8 Å². The number of nitro groups is 1. The minimum atomic E-state index is -0.427. The highest BCUT2D eigenvalue weighted by Crippen LogP contribution is 2.41. The van der Waals surface area contributed by atoms with Gasteiger partial charge in [0.15, 0.2) is 11.5 Å². The van der Waals surface area contributed by atoms with Crippen LogP contribution in [0, 0.1) is 16.0 Å². The molecule has 1 aromatic rings. The molecule has 2 rings (SSSR count). The Bertz CT molecular complexity index is 492. The maximum absolute atomic E-state index is 11.1. The van der Waals surface area contributed by atoms with E-state index in [4.69, 9.17) is 15.2 Å². The summed E-state index contributed by atoms with van der Waals surface area (Å²) in [5.41, 5.74) is 6.59. The third-order valence-corrected chi connectivity index (χ3v) is 3.41. The first-order valence-corrected chi connectivity index (χ1v) is 6.22. The number of ether oxygens (including phenoxy) is 2. The molecule has 1 fully saturated rings. The van der Waals surface area contributed by atoms with Crippen LogP contribution in [0.15, 0.2) is 12.1 Å². The zero-order valence-corrected chi connectivity index (χ0v) is 12.3. The molecule has 1 aromatic carbocycles. The topological polar surface area (TPSA) is 87.6 Å². The molecule has 1 aliphatic rings. The van der Waals surface area contributed by atoms with Gasteiger partial charge in [-0.2, -0.15) is 0 Å². The van der Waals surface area contributed by atoms with Crippen LogP contribution >= 0.6 is 12.4 Å². The van der Waals surface area contributed by atoms with Crippen LogP contribution in [-0.2, 0) is 0 Å². The van der Waals surface area contributed by atoms with Crippen LogP contribution in [0.1, 0.15) is 30.9 Å². The lowest BCUT2D eigenvalue weighted by Crippen LogP contribution is -2.13. The van der Waals surface area contributed by atoms with E-state index in [1.165, 1.54) is 20.3 Å². The van der Waals surface area contributed by atoms with Gasteiger partial charge in [-0.3, -0.25) is 10.1 Å². The van der Waals surface area contributed by atoms with Crippen molar-refractivity contribution in [1.82, 2.24) is 0 Å². The Balaban J connectivity index is 0.00000200. The number of hydrogen-bond donors (Lipinski definition) is 1. The van der Waals surface area contributed by atoms with Crippen LogP contribution in [0.25, 0.3) is 0 Å². The SMILES string of the molecule is COc1cc([C@H](N)CC2CC2)c([N+](=O)[O-])cc1OC.Cl. The summed E-state index contributed by atoms with van der Waals surface area (Å²) in [7, 11) is 2.95. The van der Waals surface area contributed by atoms with Gasteiger partial charge in [0.25, 0.3) is 5.69 Å². The van der Waals surface area contributed by atoms with Gasteiger partial charge in [-0.25, -0.2) is 0 Å². The summed E-state index contributed by atoms with van der Waals surface area (Å²) in [4.78, 5) is 10.7. The molecule has 7 heteroatoms. The summed E-state index contributed by atoms with van der Waals surface area (Å²) in [5, 5.41) is 11.1. The second-order valence-electron chi connectivity index (χ2n) is 4.81. The summed E-state index contributed by atoms with van der Waals surface area (Å²) >= 11 is 0. The molecule has 1 atom stereocenters. The number of methoxy groups -OCH3 is 2. The van der Waals surface area contributed by atoms with Crippen LogP contribution in [0.4, 0.5) is 5.69 Å². The quantitative estimate of drug-likeness (QED) is 0.645. The van der Waals surface area contributed by atoms with Crippen molar-refractivity contribution in [2.24, 2.45) is 11.7 Å².